The van der Waals surface area contributed by atoms with Crippen molar-refractivity contribution in [1.82, 2.24) is 10.2 Å². The summed E-state index contributed by atoms with van der Waals surface area (Å²) in [5.41, 5.74) is 3.92. The van der Waals surface area contributed by atoms with E-state index in [0.717, 1.165) is 47.9 Å². The van der Waals surface area contributed by atoms with E-state index >= 15 is 0 Å². The van der Waals surface area contributed by atoms with Gasteiger partial charge in [0.1, 0.15) is 6.04 Å². The van der Waals surface area contributed by atoms with Crippen LogP contribution in [0.5, 0.6) is 0 Å². The van der Waals surface area contributed by atoms with Gasteiger partial charge in [0.15, 0.2) is 0 Å². The number of nitrogens with one attached hydrogen (secondary N) is 1. The summed E-state index contributed by atoms with van der Waals surface area (Å²) < 4.78 is 0. The molecule has 0 aromatic heterocycles. The zero-order valence-corrected chi connectivity index (χ0v) is 21.0. The molecule has 0 bridgehead atoms. The van der Waals surface area contributed by atoms with Crippen molar-refractivity contribution in [3.8, 4) is 0 Å². The molecule has 4 nitrogen and oxygen atoms in total. The summed E-state index contributed by atoms with van der Waals surface area (Å²) in [4.78, 5) is 29.3. The van der Waals surface area contributed by atoms with Crippen LogP contribution in [-0.2, 0) is 29.0 Å². The van der Waals surface area contributed by atoms with Crippen LogP contribution in [0, 0.1) is 6.92 Å². The van der Waals surface area contributed by atoms with Gasteiger partial charge in [0.25, 0.3) is 0 Å². The lowest BCUT2D eigenvalue weighted by Gasteiger charge is -2.32. The van der Waals surface area contributed by atoms with E-state index < -0.39 is 6.04 Å². The van der Waals surface area contributed by atoms with E-state index in [1.807, 2.05) is 73.7 Å². The Morgan fingerprint density at radius 3 is 2.34 bits per heavy atom. The zero-order chi connectivity index (χ0) is 24.6. The van der Waals surface area contributed by atoms with Crippen molar-refractivity contribution in [3.05, 3.63) is 106 Å². The molecule has 35 heavy (non-hydrogen) atoms. The number of halogens is 1. The van der Waals surface area contributed by atoms with Crippen LogP contribution in [-0.4, -0.2) is 28.8 Å². The predicted octanol–water partition coefficient (Wildman–Crippen LogP) is 5.89. The summed E-state index contributed by atoms with van der Waals surface area (Å²) in [6, 6.07) is 25.0. The van der Waals surface area contributed by atoms with Gasteiger partial charge in [-0.15, -0.1) is 0 Å². The molecule has 0 radical (unpaired) electrons. The van der Waals surface area contributed by atoms with Crippen molar-refractivity contribution in [1.29, 1.82) is 0 Å². The fourth-order valence-corrected chi connectivity index (χ4v) is 5.04. The average Bonchev–Trinajstić information content (AvgIpc) is 3.36. The molecule has 0 aliphatic heterocycles. The van der Waals surface area contributed by atoms with Crippen LogP contribution in [0.2, 0.25) is 5.02 Å². The van der Waals surface area contributed by atoms with E-state index in [2.05, 4.69) is 11.4 Å². The molecular formula is C30H33ClN2O2. The van der Waals surface area contributed by atoms with Crippen LogP contribution in [0.4, 0.5) is 0 Å². The number of benzene rings is 3. The van der Waals surface area contributed by atoms with Gasteiger partial charge in [-0.05, 0) is 42.5 Å². The van der Waals surface area contributed by atoms with E-state index in [0.29, 0.717) is 18.0 Å². The lowest BCUT2D eigenvalue weighted by atomic mass is 10.0. The Kier molecular flexibility index (Phi) is 8.59. The third-order valence-corrected chi connectivity index (χ3v) is 7.08. The number of carbonyl (C=O) groups is 2. The van der Waals surface area contributed by atoms with E-state index in [4.69, 9.17) is 11.6 Å². The topological polar surface area (TPSA) is 49.4 Å². The molecule has 1 N–H and O–H groups in total. The van der Waals surface area contributed by atoms with E-state index in [9.17, 15) is 9.59 Å². The Hall–Kier alpha value is -3.11. The van der Waals surface area contributed by atoms with Gasteiger partial charge < -0.3 is 10.2 Å². The molecule has 0 saturated heterocycles. The molecule has 0 heterocycles. The predicted molar refractivity (Wildman–Crippen MR) is 141 cm³/mol. The van der Waals surface area contributed by atoms with E-state index in [1.54, 1.807) is 11.0 Å². The average molecular weight is 489 g/mol. The number of carbonyl (C=O) groups excluding carboxylic acids is 2. The number of nitrogens with zero attached hydrogens (tertiary/aromatic N) is 1. The fraction of sp³-hybridized carbons (Fsp3) is 0.333. The summed E-state index contributed by atoms with van der Waals surface area (Å²) in [7, 11) is 0. The highest BCUT2D eigenvalue weighted by molar-refractivity contribution is 6.31. The molecule has 3 aromatic rings. The van der Waals surface area contributed by atoms with Crippen LogP contribution >= 0.6 is 11.6 Å². The van der Waals surface area contributed by atoms with Crippen LogP contribution in [0.1, 0.15) is 47.9 Å². The Labute approximate surface area is 213 Å². The Morgan fingerprint density at radius 1 is 0.943 bits per heavy atom. The third kappa shape index (κ3) is 6.95. The van der Waals surface area contributed by atoms with Gasteiger partial charge >= 0.3 is 0 Å². The van der Waals surface area contributed by atoms with Gasteiger partial charge in [0.2, 0.25) is 11.8 Å². The van der Waals surface area contributed by atoms with Gasteiger partial charge in [-0.1, -0.05) is 103 Å². The van der Waals surface area contributed by atoms with Gasteiger partial charge in [-0.2, -0.15) is 0 Å². The van der Waals surface area contributed by atoms with Gasteiger partial charge in [-0.25, -0.2) is 0 Å². The molecule has 182 valence electrons. The minimum Gasteiger partial charge on any atom is -0.352 e. The molecule has 3 aromatic carbocycles. The number of aryl methyl sites for hydroxylation is 1. The molecular weight excluding hydrogens is 456 g/mol. The van der Waals surface area contributed by atoms with Crippen molar-refractivity contribution in [2.24, 2.45) is 0 Å². The Balaban J connectivity index is 1.67. The first kappa shape index (κ1) is 25.0. The molecule has 4 rings (SSSR count). The smallest absolute Gasteiger partial charge is 0.243 e. The maximum atomic E-state index is 13.8. The number of amides is 2. The summed E-state index contributed by atoms with van der Waals surface area (Å²) in [5.74, 6) is -0.192. The van der Waals surface area contributed by atoms with Crippen LogP contribution in [0.25, 0.3) is 0 Å². The van der Waals surface area contributed by atoms with Crippen LogP contribution in [0.15, 0.2) is 78.9 Å². The summed E-state index contributed by atoms with van der Waals surface area (Å²) in [6.45, 7) is 2.40. The largest absolute Gasteiger partial charge is 0.352 e. The second-order valence-corrected chi connectivity index (χ2v) is 9.88. The van der Waals surface area contributed by atoms with E-state index in [1.165, 1.54) is 0 Å². The number of hydrogen-bond donors (Lipinski definition) is 1. The fourth-order valence-electron chi connectivity index (χ4n) is 4.83. The van der Waals surface area contributed by atoms with Crippen LogP contribution < -0.4 is 5.32 Å². The first-order chi connectivity index (χ1) is 17.0. The standard InChI is InChI=1S/C30H33ClN2O2/c1-22-10-9-13-24(18-22)21-33(29(34)20-25-14-5-8-17-27(25)31)28(19-23-11-3-2-4-12-23)30(35)32-26-15-6-7-16-26/h2-5,8-14,17-18,26,28H,6-7,15-16,19-21H2,1H3,(H,32,35). The van der Waals surface area contributed by atoms with Gasteiger partial charge in [0.05, 0.1) is 6.42 Å². The highest BCUT2D eigenvalue weighted by Gasteiger charge is 2.32. The molecule has 1 saturated carbocycles. The summed E-state index contributed by atoms with van der Waals surface area (Å²) in [5, 5.41) is 3.81. The van der Waals surface area contributed by atoms with Crippen molar-refractivity contribution < 1.29 is 9.59 Å². The monoisotopic (exact) mass is 488 g/mol. The quantitative estimate of drug-likeness (QED) is 0.408. The molecule has 5 heteroatoms. The maximum absolute atomic E-state index is 13.8. The molecule has 0 spiro atoms. The second-order valence-electron chi connectivity index (χ2n) is 9.47. The molecule has 1 aliphatic rings. The van der Waals surface area contributed by atoms with E-state index in [-0.39, 0.29) is 24.3 Å². The SMILES string of the molecule is Cc1cccc(CN(C(=O)Cc2ccccc2Cl)C(Cc2ccccc2)C(=O)NC2CCCC2)c1. The molecule has 1 fully saturated rings. The Bertz CT molecular complexity index is 1140. The Morgan fingerprint density at radius 2 is 1.63 bits per heavy atom. The van der Waals surface area contributed by atoms with Crippen LogP contribution in [0.3, 0.4) is 0 Å². The third-order valence-electron chi connectivity index (χ3n) is 6.71. The van der Waals surface area contributed by atoms with Crippen molar-refractivity contribution >= 4 is 23.4 Å². The number of hydrogen-bond acceptors (Lipinski definition) is 2. The zero-order valence-electron chi connectivity index (χ0n) is 20.3. The summed E-state index contributed by atoms with van der Waals surface area (Å²) >= 11 is 6.39. The minimum absolute atomic E-state index is 0.0825. The number of rotatable bonds is 9. The highest BCUT2D eigenvalue weighted by atomic mass is 35.5. The summed E-state index contributed by atoms with van der Waals surface area (Å²) in [6.07, 6.45) is 4.86. The maximum Gasteiger partial charge on any atom is 0.243 e. The second kappa shape index (κ2) is 12.0. The van der Waals surface area contributed by atoms with Crippen molar-refractivity contribution in [2.45, 2.75) is 64.1 Å². The van der Waals surface area contributed by atoms with Crippen molar-refractivity contribution in [3.63, 3.8) is 0 Å². The van der Waals surface area contributed by atoms with Gasteiger partial charge in [0, 0.05) is 24.0 Å². The highest BCUT2D eigenvalue weighted by Crippen LogP contribution is 2.22. The molecule has 2 amide bonds. The molecule has 1 unspecified atom stereocenters. The lowest BCUT2D eigenvalue weighted by molar-refractivity contribution is -0.141. The first-order valence-corrected chi connectivity index (χ1v) is 12.8. The van der Waals surface area contributed by atoms with Gasteiger partial charge in [-0.3, -0.25) is 9.59 Å². The van der Waals surface area contributed by atoms with Crippen molar-refractivity contribution in [2.75, 3.05) is 0 Å². The molecule has 1 aliphatic carbocycles. The first-order valence-electron chi connectivity index (χ1n) is 12.4. The minimum atomic E-state index is -0.617. The molecule has 1 atom stereocenters. The normalized spacial score (nSPS) is 14.5. The lowest BCUT2D eigenvalue weighted by Crippen LogP contribution is -2.52.